The van der Waals surface area contributed by atoms with Crippen LogP contribution in [-0.2, 0) is 0 Å². The summed E-state index contributed by atoms with van der Waals surface area (Å²) in [6.07, 6.45) is 5.99. The molecule has 0 saturated heterocycles. The van der Waals surface area contributed by atoms with Crippen LogP contribution in [0.3, 0.4) is 0 Å². The Morgan fingerprint density at radius 1 is 1.27 bits per heavy atom. The number of fused-ring (bicyclic) bond motifs is 1. The van der Waals surface area contributed by atoms with E-state index in [1.807, 2.05) is 0 Å². The van der Waals surface area contributed by atoms with Crippen LogP contribution in [0.1, 0.15) is 44.7 Å². The normalized spacial score (nSPS) is 13.2. The van der Waals surface area contributed by atoms with E-state index in [2.05, 4.69) is 49.3 Å². The second-order valence-electron chi connectivity index (χ2n) is 4.33. The van der Waals surface area contributed by atoms with Gasteiger partial charge in [-0.05, 0) is 17.7 Å². The van der Waals surface area contributed by atoms with Gasteiger partial charge in [0.25, 0.3) is 0 Å². The Hall–Kier alpha value is -1.24. The van der Waals surface area contributed by atoms with Crippen LogP contribution in [0.2, 0.25) is 0 Å². The highest BCUT2D eigenvalue weighted by molar-refractivity contribution is 5.85. The average molecular weight is 201 g/mol. The molecule has 1 N–H and O–H groups in total. The van der Waals surface area contributed by atoms with Crippen molar-refractivity contribution in [2.24, 2.45) is 0 Å². The van der Waals surface area contributed by atoms with Gasteiger partial charge in [-0.25, -0.2) is 0 Å². The van der Waals surface area contributed by atoms with Crippen molar-refractivity contribution in [2.75, 3.05) is 0 Å². The quantitative estimate of drug-likeness (QED) is 0.751. The van der Waals surface area contributed by atoms with Gasteiger partial charge in [0, 0.05) is 17.3 Å². The zero-order chi connectivity index (χ0) is 10.7. The van der Waals surface area contributed by atoms with Crippen molar-refractivity contribution in [3.8, 4) is 0 Å². The van der Waals surface area contributed by atoms with E-state index in [9.17, 15) is 0 Å². The third-order valence-electron chi connectivity index (χ3n) is 3.12. The number of unbranched alkanes of at least 4 members (excludes halogenated alkanes) is 1. The number of aromatic amines is 1. The van der Waals surface area contributed by atoms with Crippen LogP contribution in [-0.4, -0.2) is 4.98 Å². The maximum atomic E-state index is 3.42. The summed E-state index contributed by atoms with van der Waals surface area (Å²) in [5, 5.41) is 2.72. The molecule has 15 heavy (non-hydrogen) atoms. The first-order valence-corrected chi connectivity index (χ1v) is 5.89. The van der Waals surface area contributed by atoms with E-state index in [0.717, 1.165) is 0 Å². The molecule has 80 valence electrons. The van der Waals surface area contributed by atoms with Gasteiger partial charge in [-0.2, -0.15) is 0 Å². The van der Waals surface area contributed by atoms with Crippen molar-refractivity contribution in [1.29, 1.82) is 0 Å². The minimum absolute atomic E-state index is 0.643. The Kier molecular flexibility index (Phi) is 3.10. The van der Waals surface area contributed by atoms with Crippen molar-refractivity contribution in [3.63, 3.8) is 0 Å². The predicted octanol–water partition coefficient (Wildman–Crippen LogP) is 4.46. The van der Waals surface area contributed by atoms with Crippen LogP contribution in [0.4, 0.5) is 0 Å². The second kappa shape index (κ2) is 4.52. The summed E-state index contributed by atoms with van der Waals surface area (Å²) in [4.78, 5) is 3.42. The molecule has 1 heterocycles. The number of hydrogen-bond donors (Lipinski definition) is 1. The Bertz CT molecular complexity index is 428. The summed E-state index contributed by atoms with van der Waals surface area (Å²) < 4.78 is 0. The molecule has 0 spiro atoms. The zero-order valence-corrected chi connectivity index (χ0v) is 9.59. The third-order valence-corrected chi connectivity index (χ3v) is 3.12. The fourth-order valence-electron chi connectivity index (χ4n) is 2.16. The van der Waals surface area contributed by atoms with Crippen molar-refractivity contribution in [2.45, 2.75) is 39.0 Å². The highest BCUT2D eigenvalue weighted by Crippen LogP contribution is 2.27. The third kappa shape index (κ3) is 2.06. The van der Waals surface area contributed by atoms with Crippen molar-refractivity contribution >= 4 is 10.8 Å². The fourth-order valence-corrected chi connectivity index (χ4v) is 2.16. The number of H-pyrrole nitrogens is 1. The molecule has 0 fully saturated rings. The van der Waals surface area contributed by atoms with Crippen molar-refractivity contribution in [3.05, 3.63) is 36.2 Å². The Morgan fingerprint density at radius 2 is 2.07 bits per heavy atom. The van der Waals surface area contributed by atoms with E-state index >= 15 is 0 Å². The molecular formula is C14H19N. The maximum absolute atomic E-state index is 3.42. The Labute approximate surface area is 91.5 Å². The molecule has 0 radical (unpaired) electrons. The van der Waals surface area contributed by atoms with Gasteiger partial charge < -0.3 is 4.98 Å². The highest BCUT2D eigenvalue weighted by Gasteiger charge is 2.09. The van der Waals surface area contributed by atoms with Gasteiger partial charge >= 0.3 is 0 Å². The number of hydrogen-bond acceptors (Lipinski definition) is 0. The van der Waals surface area contributed by atoms with E-state index in [1.165, 1.54) is 35.7 Å². The van der Waals surface area contributed by atoms with Gasteiger partial charge in [0.1, 0.15) is 0 Å². The molecule has 0 aliphatic carbocycles. The monoisotopic (exact) mass is 201 g/mol. The lowest BCUT2D eigenvalue weighted by Crippen LogP contribution is -1.94. The van der Waals surface area contributed by atoms with Gasteiger partial charge in [-0.15, -0.1) is 0 Å². The number of nitrogens with one attached hydrogen (secondary N) is 1. The summed E-state index contributed by atoms with van der Waals surface area (Å²) in [5.41, 5.74) is 1.40. The van der Waals surface area contributed by atoms with Crippen LogP contribution in [0.25, 0.3) is 10.8 Å². The number of aromatic nitrogens is 1. The summed E-state index contributed by atoms with van der Waals surface area (Å²) in [5.74, 6) is 0.643. The predicted molar refractivity (Wildman–Crippen MR) is 66.2 cm³/mol. The van der Waals surface area contributed by atoms with Crippen molar-refractivity contribution in [1.82, 2.24) is 4.98 Å². The van der Waals surface area contributed by atoms with Crippen LogP contribution >= 0.6 is 0 Å². The molecule has 1 aromatic heterocycles. The molecule has 0 aliphatic rings. The van der Waals surface area contributed by atoms with Crippen LogP contribution in [0.5, 0.6) is 0 Å². The van der Waals surface area contributed by atoms with Crippen LogP contribution < -0.4 is 0 Å². The smallest absolute Gasteiger partial charge is 0.0255 e. The topological polar surface area (TPSA) is 15.8 Å². The molecule has 1 heteroatoms. The molecule has 0 aliphatic heterocycles. The molecule has 1 nitrogen and oxygen atoms in total. The lowest BCUT2D eigenvalue weighted by atomic mass is 9.98. The van der Waals surface area contributed by atoms with E-state index in [4.69, 9.17) is 0 Å². The minimum atomic E-state index is 0.643. The summed E-state index contributed by atoms with van der Waals surface area (Å²) in [6, 6.07) is 8.59. The average Bonchev–Trinajstić information content (AvgIpc) is 2.69. The van der Waals surface area contributed by atoms with Gasteiger partial charge in [-0.1, -0.05) is 51.0 Å². The molecule has 2 aromatic rings. The van der Waals surface area contributed by atoms with E-state index in [0.29, 0.717) is 5.92 Å². The molecule has 0 bridgehead atoms. The Morgan fingerprint density at radius 3 is 2.87 bits per heavy atom. The van der Waals surface area contributed by atoms with E-state index in [1.54, 1.807) is 0 Å². The highest BCUT2D eigenvalue weighted by atomic mass is 14.7. The first-order valence-electron chi connectivity index (χ1n) is 5.89. The first-order chi connectivity index (χ1) is 7.33. The number of benzene rings is 1. The first kappa shape index (κ1) is 10.3. The van der Waals surface area contributed by atoms with Gasteiger partial charge in [0.05, 0.1) is 0 Å². The van der Waals surface area contributed by atoms with E-state index < -0.39 is 0 Å². The van der Waals surface area contributed by atoms with E-state index in [-0.39, 0.29) is 0 Å². The fraction of sp³-hybridized carbons (Fsp3) is 0.429. The molecular weight excluding hydrogens is 182 g/mol. The summed E-state index contributed by atoms with van der Waals surface area (Å²) in [7, 11) is 0. The molecule has 1 unspecified atom stereocenters. The van der Waals surface area contributed by atoms with Gasteiger partial charge in [0.2, 0.25) is 0 Å². The summed E-state index contributed by atoms with van der Waals surface area (Å²) >= 11 is 0. The SMILES string of the molecule is CCCCC(C)c1[nH]cc2ccccc12. The molecule has 0 saturated carbocycles. The Balaban J connectivity index is 2.27. The molecule has 1 aromatic carbocycles. The van der Waals surface area contributed by atoms with Gasteiger partial charge in [0.15, 0.2) is 0 Å². The number of rotatable bonds is 4. The lowest BCUT2D eigenvalue weighted by Gasteiger charge is -2.09. The minimum Gasteiger partial charge on any atom is -0.364 e. The summed E-state index contributed by atoms with van der Waals surface area (Å²) in [6.45, 7) is 4.56. The van der Waals surface area contributed by atoms with Gasteiger partial charge in [-0.3, -0.25) is 0 Å². The zero-order valence-electron chi connectivity index (χ0n) is 9.59. The van der Waals surface area contributed by atoms with Crippen molar-refractivity contribution < 1.29 is 0 Å². The van der Waals surface area contributed by atoms with Crippen LogP contribution in [0, 0.1) is 0 Å². The second-order valence-corrected chi connectivity index (χ2v) is 4.33. The van der Waals surface area contributed by atoms with Crippen LogP contribution in [0.15, 0.2) is 30.5 Å². The maximum Gasteiger partial charge on any atom is 0.0255 e. The lowest BCUT2D eigenvalue weighted by molar-refractivity contribution is 0.617. The molecule has 1 atom stereocenters. The largest absolute Gasteiger partial charge is 0.364 e. The standard InChI is InChI=1S/C14H19N/c1-3-4-7-11(2)14-13-9-6-5-8-12(13)10-15-14/h5-6,8-11,15H,3-4,7H2,1-2H3. The molecule has 0 amide bonds. The molecule has 2 rings (SSSR count).